The molecule has 1 saturated carbocycles. The molecule has 3 N–H and O–H groups in total. The zero-order valence-electron chi connectivity index (χ0n) is 21.5. The van der Waals surface area contributed by atoms with Gasteiger partial charge in [0.2, 0.25) is 5.91 Å². The molecular formula is C27H39N3O5. The van der Waals surface area contributed by atoms with E-state index in [4.69, 9.17) is 11.2 Å². The minimum atomic E-state index is -1.17. The largest absolute Gasteiger partial charge is 0.508 e. The van der Waals surface area contributed by atoms with E-state index in [0.29, 0.717) is 12.0 Å². The molecule has 1 aliphatic carbocycles. The zero-order valence-corrected chi connectivity index (χ0v) is 21.5. The van der Waals surface area contributed by atoms with Crippen LogP contribution in [0.4, 0.5) is 4.79 Å². The molecule has 1 aliphatic rings. The van der Waals surface area contributed by atoms with Crippen LogP contribution in [0.3, 0.4) is 0 Å². The second kappa shape index (κ2) is 12.5. The molecule has 3 atom stereocenters. The van der Waals surface area contributed by atoms with Gasteiger partial charge in [0.15, 0.2) is 0 Å². The maximum Gasteiger partial charge on any atom is 0.408 e. The third-order valence-electron chi connectivity index (χ3n) is 6.17. The van der Waals surface area contributed by atoms with E-state index >= 15 is 0 Å². The number of nitrogens with one attached hydrogen (secondary N) is 2. The number of carbonyl (C=O) groups excluding carboxylic acids is 3. The number of hydrogen-bond donors (Lipinski definition) is 3. The Balaban J connectivity index is 2.40. The van der Waals surface area contributed by atoms with Crippen LogP contribution in [0, 0.1) is 18.4 Å². The van der Waals surface area contributed by atoms with Gasteiger partial charge in [0, 0.05) is 12.1 Å². The smallest absolute Gasteiger partial charge is 0.408 e. The minimum Gasteiger partial charge on any atom is -0.508 e. The van der Waals surface area contributed by atoms with E-state index in [2.05, 4.69) is 16.7 Å². The van der Waals surface area contributed by atoms with Crippen molar-refractivity contribution in [3.05, 3.63) is 29.8 Å². The maximum absolute atomic E-state index is 13.7. The SMILES string of the molecule is C#CN(C(=O)C(NC(=O)OC(C)(C)C)C(C)CC)C(C(=O)NC1CCCCC1)c1cccc(O)c1. The van der Waals surface area contributed by atoms with Crippen LogP contribution < -0.4 is 10.6 Å². The van der Waals surface area contributed by atoms with Gasteiger partial charge in [-0.1, -0.05) is 58.1 Å². The van der Waals surface area contributed by atoms with Crippen molar-refractivity contribution in [1.29, 1.82) is 0 Å². The predicted octanol–water partition coefficient (Wildman–Crippen LogP) is 4.24. The van der Waals surface area contributed by atoms with Crippen LogP contribution in [0.1, 0.15) is 84.7 Å². The summed E-state index contributed by atoms with van der Waals surface area (Å²) in [7, 11) is 0. The second-order valence-electron chi connectivity index (χ2n) is 10.2. The van der Waals surface area contributed by atoms with E-state index < -0.39 is 35.6 Å². The summed E-state index contributed by atoms with van der Waals surface area (Å²) in [5, 5.41) is 15.7. The fraction of sp³-hybridized carbons (Fsp3) is 0.593. The molecule has 192 valence electrons. The van der Waals surface area contributed by atoms with Gasteiger partial charge >= 0.3 is 6.09 Å². The van der Waals surface area contributed by atoms with Gasteiger partial charge in [0.1, 0.15) is 23.4 Å². The monoisotopic (exact) mass is 485 g/mol. The third-order valence-corrected chi connectivity index (χ3v) is 6.17. The van der Waals surface area contributed by atoms with Crippen molar-refractivity contribution in [2.24, 2.45) is 5.92 Å². The topological polar surface area (TPSA) is 108 Å². The first-order chi connectivity index (χ1) is 16.5. The van der Waals surface area contributed by atoms with Crippen LogP contribution in [0.25, 0.3) is 0 Å². The average molecular weight is 486 g/mol. The molecule has 8 heteroatoms. The molecule has 0 aliphatic heterocycles. The normalized spacial score (nSPS) is 16.8. The van der Waals surface area contributed by atoms with Crippen LogP contribution in [0.5, 0.6) is 5.75 Å². The molecule has 1 aromatic rings. The number of amides is 3. The summed E-state index contributed by atoms with van der Waals surface area (Å²) in [6, 6.07) is 6.32. The van der Waals surface area contributed by atoms with Gasteiger partial charge in [-0.3, -0.25) is 14.5 Å². The van der Waals surface area contributed by atoms with Crippen molar-refractivity contribution in [2.45, 2.75) is 96.9 Å². The molecule has 0 heterocycles. The molecule has 0 radical (unpaired) electrons. The lowest BCUT2D eigenvalue weighted by molar-refractivity contribution is -0.139. The Kier molecular flexibility index (Phi) is 10.00. The number of hydrogen-bond acceptors (Lipinski definition) is 5. The molecule has 0 spiro atoms. The number of ether oxygens (including phenoxy) is 1. The van der Waals surface area contributed by atoms with E-state index in [0.717, 1.165) is 37.0 Å². The molecule has 1 fully saturated rings. The lowest BCUT2D eigenvalue weighted by Crippen LogP contribution is -2.54. The van der Waals surface area contributed by atoms with Crippen LogP contribution in [-0.4, -0.2) is 45.6 Å². The highest BCUT2D eigenvalue weighted by atomic mass is 16.6. The molecule has 3 unspecified atom stereocenters. The molecule has 35 heavy (non-hydrogen) atoms. The Hall–Kier alpha value is -3.21. The van der Waals surface area contributed by atoms with Crippen molar-refractivity contribution in [1.82, 2.24) is 15.5 Å². The Morgan fingerprint density at radius 2 is 1.89 bits per heavy atom. The number of alkyl carbamates (subject to hydrolysis) is 1. The van der Waals surface area contributed by atoms with Crippen LogP contribution in [0.15, 0.2) is 24.3 Å². The standard InChI is InChI=1S/C27H39N3O5/c1-7-18(3)22(29-26(34)35-27(4,5)6)25(33)30(8-2)23(19-13-12-16-21(31)17-19)24(32)28-20-14-10-9-11-15-20/h2,12-13,16-18,20,22-23,31H,7,9-11,14-15H2,1,3-6H3,(H,28,32)(H,29,34). The lowest BCUT2D eigenvalue weighted by atomic mass is 9.94. The van der Waals surface area contributed by atoms with E-state index in [9.17, 15) is 19.5 Å². The van der Waals surface area contributed by atoms with Gasteiger partial charge in [0.25, 0.3) is 5.91 Å². The van der Waals surface area contributed by atoms with Gasteiger partial charge < -0.3 is 20.5 Å². The molecule has 8 nitrogen and oxygen atoms in total. The van der Waals surface area contributed by atoms with Crippen molar-refractivity contribution in [3.8, 4) is 18.2 Å². The van der Waals surface area contributed by atoms with E-state index in [1.165, 1.54) is 12.1 Å². The molecule has 0 saturated heterocycles. The van der Waals surface area contributed by atoms with Crippen LogP contribution in [0.2, 0.25) is 0 Å². The van der Waals surface area contributed by atoms with Crippen molar-refractivity contribution >= 4 is 17.9 Å². The number of terminal acetylenes is 1. The zero-order chi connectivity index (χ0) is 26.2. The number of phenols is 1. The summed E-state index contributed by atoms with van der Waals surface area (Å²) in [4.78, 5) is 40.8. The number of phenolic OH excluding ortho intramolecular Hbond substituents is 1. The Morgan fingerprint density at radius 3 is 2.43 bits per heavy atom. The first-order valence-electron chi connectivity index (χ1n) is 12.3. The van der Waals surface area contributed by atoms with Gasteiger partial charge in [-0.2, -0.15) is 0 Å². The van der Waals surface area contributed by atoms with Gasteiger partial charge in [-0.05, 0) is 57.2 Å². The summed E-state index contributed by atoms with van der Waals surface area (Å²) in [5.74, 6) is -1.35. The highest BCUT2D eigenvalue weighted by molar-refractivity contribution is 5.93. The molecule has 0 bridgehead atoms. The summed E-state index contributed by atoms with van der Waals surface area (Å²) in [6.45, 7) is 8.90. The van der Waals surface area contributed by atoms with Crippen molar-refractivity contribution in [3.63, 3.8) is 0 Å². The second-order valence-corrected chi connectivity index (χ2v) is 10.2. The quantitative estimate of drug-likeness (QED) is 0.377. The number of carbonyl (C=O) groups is 3. The number of nitrogens with zero attached hydrogens (tertiary/aromatic N) is 1. The molecule has 1 aromatic carbocycles. The average Bonchev–Trinajstić information content (AvgIpc) is 2.79. The molecule has 3 amide bonds. The van der Waals surface area contributed by atoms with Gasteiger partial charge in [0.05, 0.1) is 0 Å². The minimum absolute atomic E-state index is 0.00367. The highest BCUT2D eigenvalue weighted by Crippen LogP contribution is 2.27. The van der Waals surface area contributed by atoms with E-state index in [-0.39, 0.29) is 17.7 Å². The highest BCUT2D eigenvalue weighted by Gasteiger charge is 2.38. The summed E-state index contributed by atoms with van der Waals surface area (Å²) >= 11 is 0. The molecule has 2 rings (SSSR count). The predicted molar refractivity (Wildman–Crippen MR) is 134 cm³/mol. The molecular weight excluding hydrogens is 446 g/mol. The number of aromatic hydroxyl groups is 1. The number of rotatable bonds is 8. The lowest BCUT2D eigenvalue weighted by Gasteiger charge is -2.33. The maximum atomic E-state index is 13.7. The first-order valence-corrected chi connectivity index (χ1v) is 12.3. The Bertz CT molecular complexity index is 927. The van der Waals surface area contributed by atoms with Crippen LogP contribution in [-0.2, 0) is 14.3 Å². The third kappa shape index (κ3) is 8.20. The fourth-order valence-electron chi connectivity index (χ4n) is 4.17. The summed E-state index contributed by atoms with van der Waals surface area (Å²) < 4.78 is 5.35. The van der Waals surface area contributed by atoms with Crippen molar-refractivity contribution < 1.29 is 24.2 Å². The van der Waals surface area contributed by atoms with Crippen molar-refractivity contribution in [2.75, 3.05) is 0 Å². The Morgan fingerprint density at radius 1 is 1.23 bits per heavy atom. The Labute approximate surface area is 208 Å². The van der Waals surface area contributed by atoms with Gasteiger partial charge in [-0.25, -0.2) is 4.79 Å². The number of benzene rings is 1. The summed E-state index contributed by atoms with van der Waals surface area (Å²) in [5.41, 5.74) is -0.368. The van der Waals surface area contributed by atoms with Crippen LogP contribution >= 0.6 is 0 Å². The van der Waals surface area contributed by atoms with Gasteiger partial charge in [-0.15, -0.1) is 0 Å². The first kappa shape index (κ1) is 28.0. The molecule has 0 aromatic heterocycles. The van der Waals surface area contributed by atoms with E-state index in [1.807, 2.05) is 13.8 Å². The van der Waals surface area contributed by atoms with E-state index in [1.54, 1.807) is 32.9 Å². The summed E-state index contributed by atoms with van der Waals surface area (Å²) in [6.07, 6.45) is 10.5. The fourth-order valence-corrected chi connectivity index (χ4v) is 4.17.